The fourth-order valence-corrected chi connectivity index (χ4v) is 4.58. The number of rotatable bonds is 8. The monoisotopic (exact) mass is 579 g/mol. The van der Waals surface area contributed by atoms with Gasteiger partial charge in [-0.1, -0.05) is 30.3 Å². The molecule has 1 fully saturated rings. The summed E-state index contributed by atoms with van der Waals surface area (Å²) >= 11 is 0. The first-order valence-electron chi connectivity index (χ1n) is 13.5. The average Bonchev–Trinajstić information content (AvgIpc) is 3.50. The van der Waals surface area contributed by atoms with Gasteiger partial charge in [-0.3, -0.25) is 4.79 Å². The van der Waals surface area contributed by atoms with E-state index in [0.29, 0.717) is 35.5 Å². The Morgan fingerprint density at radius 2 is 1.88 bits per heavy atom. The van der Waals surface area contributed by atoms with Crippen molar-refractivity contribution >= 4 is 17.5 Å². The number of nitrogen functional groups attached to an aromatic ring is 1. The van der Waals surface area contributed by atoms with Gasteiger partial charge in [-0.2, -0.15) is 13.2 Å². The lowest BCUT2D eigenvalue weighted by atomic mass is 10.1. The highest BCUT2D eigenvalue weighted by Crippen LogP contribution is 2.31. The Morgan fingerprint density at radius 3 is 2.57 bits per heavy atom. The van der Waals surface area contributed by atoms with Gasteiger partial charge in [0.25, 0.3) is 5.91 Å². The highest BCUT2D eigenvalue weighted by atomic mass is 19.4. The number of aromatic nitrogens is 3. The zero-order valence-corrected chi connectivity index (χ0v) is 22.6. The molecule has 3 heterocycles. The molecule has 8 nitrogen and oxygen atoms in total. The second kappa shape index (κ2) is 12.4. The molecule has 1 amide bonds. The number of nitrogens with one attached hydrogen (secondary N) is 3. The first-order chi connectivity index (χ1) is 20.2. The minimum atomic E-state index is -4.68. The molecule has 3 aromatic rings. The third kappa shape index (κ3) is 7.12. The number of carbonyl (C=O) groups excluding carboxylic acids is 1. The number of hydrogen-bond acceptors (Lipinski definition) is 7. The molecule has 0 atom stereocenters. The van der Waals surface area contributed by atoms with E-state index in [2.05, 4.69) is 37.0 Å². The molecule has 0 radical (unpaired) electrons. The fraction of sp³-hybridized carbons (Fsp3) is 0.267. The van der Waals surface area contributed by atoms with Crippen LogP contribution in [-0.2, 0) is 19.1 Å². The maximum Gasteiger partial charge on any atom is 0.417 e. The molecule has 1 aliphatic carbocycles. The molecule has 1 aromatic carbocycles. The van der Waals surface area contributed by atoms with Crippen molar-refractivity contribution in [2.45, 2.75) is 44.8 Å². The number of nitrogens with zero attached hydrogens (tertiary/aromatic N) is 3. The van der Waals surface area contributed by atoms with Crippen LogP contribution >= 0.6 is 0 Å². The van der Waals surface area contributed by atoms with Crippen LogP contribution in [0.2, 0.25) is 0 Å². The first-order valence-corrected chi connectivity index (χ1v) is 13.5. The quantitative estimate of drug-likeness (QED) is 0.248. The van der Waals surface area contributed by atoms with Gasteiger partial charge in [-0.05, 0) is 43.0 Å². The smallest absolute Gasteiger partial charge is 0.389 e. The lowest BCUT2D eigenvalue weighted by molar-refractivity contribution is -0.137. The molecule has 0 saturated carbocycles. The van der Waals surface area contributed by atoms with Crippen molar-refractivity contribution in [2.75, 3.05) is 17.6 Å². The number of nitrogens with two attached hydrogens (primary N) is 1. The van der Waals surface area contributed by atoms with E-state index in [0.717, 1.165) is 36.6 Å². The topological polar surface area (TPSA) is 118 Å². The highest BCUT2D eigenvalue weighted by molar-refractivity contribution is 6.00. The summed E-state index contributed by atoms with van der Waals surface area (Å²) in [7, 11) is 0. The minimum Gasteiger partial charge on any atom is -0.389 e. The largest absolute Gasteiger partial charge is 0.417 e. The average molecular weight is 580 g/mol. The second-order valence-electron chi connectivity index (χ2n) is 9.98. The van der Waals surface area contributed by atoms with Crippen LogP contribution in [0.3, 0.4) is 0 Å². The second-order valence-corrected chi connectivity index (χ2v) is 9.98. The van der Waals surface area contributed by atoms with Crippen molar-refractivity contribution in [2.24, 2.45) is 0 Å². The molecular formula is C30H29F4N7O. The minimum absolute atomic E-state index is 0.0115. The lowest BCUT2D eigenvalue weighted by Gasteiger charge is -2.16. The zero-order valence-electron chi connectivity index (χ0n) is 22.6. The predicted molar refractivity (Wildman–Crippen MR) is 151 cm³/mol. The van der Waals surface area contributed by atoms with Crippen molar-refractivity contribution < 1.29 is 22.4 Å². The van der Waals surface area contributed by atoms with Gasteiger partial charge in [0.2, 0.25) is 0 Å². The van der Waals surface area contributed by atoms with Gasteiger partial charge in [0.05, 0.1) is 28.7 Å². The first kappa shape index (κ1) is 28.8. The molecule has 1 saturated heterocycles. The summed E-state index contributed by atoms with van der Waals surface area (Å²) in [5, 5.41) is 8.87. The van der Waals surface area contributed by atoms with Gasteiger partial charge in [0, 0.05) is 49.1 Å². The number of allylic oxidation sites excluding steroid dienone is 6. The lowest BCUT2D eigenvalue weighted by Crippen LogP contribution is -2.25. The third-order valence-electron chi connectivity index (χ3n) is 6.94. The molecule has 0 spiro atoms. The molecule has 0 unspecified atom stereocenters. The summed E-state index contributed by atoms with van der Waals surface area (Å²) in [4.78, 5) is 25.8. The Bertz CT molecular complexity index is 1550. The number of carbonyl (C=O) groups is 1. The van der Waals surface area contributed by atoms with Gasteiger partial charge < -0.3 is 21.7 Å². The molecule has 218 valence electrons. The summed E-state index contributed by atoms with van der Waals surface area (Å²) < 4.78 is 53.4. The van der Waals surface area contributed by atoms with Crippen LogP contribution in [0, 0.1) is 0 Å². The van der Waals surface area contributed by atoms with Gasteiger partial charge in [0.15, 0.2) is 0 Å². The van der Waals surface area contributed by atoms with Crippen molar-refractivity contribution in [3.8, 4) is 11.3 Å². The van der Waals surface area contributed by atoms with E-state index >= 15 is 0 Å². The van der Waals surface area contributed by atoms with E-state index in [1.165, 1.54) is 17.8 Å². The van der Waals surface area contributed by atoms with Crippen LogP contribution in [0.4, 0.5) is 29.2 Å². The van der Waals surface area contributed by atoms with Crippen molar-refractivity contribution in [1.82, 2.24) is 25.6 Å². The predicted octanol–water partition coefficient (Wildman–Crippen LogP) is 5.82. The van der Waals surface area contributed by atoms with Crippen molar-refractivity contribution in [3.63, 3.8) is 0 Å². The summed E-state index contributed by atoms with van der Waals surface area (Å²) in [5.41, 5.74) is 9.26. The molecule has 42 heavy (non-hydrogen) atoms. The Labute approximate surface area is 239 Å². The summed E-state index contributed by atoms with van der Waals surface area (Å²) in [6.07, 6.45) is 5.31. The van der Waals surface area contributed by atoms with Gasteiger partial charge in [-0.15, -0.1) is 0 Å². The van der Waals surface area contributed by atoms with Crippen molar-refractivity contribution in [1.29, 1.82) is 0 Å². The van der Waals surface area contributed by atoms with E-state index in [9.17, 15) is 22.4 Å². The van der Waals surface area contributed by atoms with Crippen molar-refractivity contribution in [3.05, 3.63) is 101 Å². The Morgan fingerprint density at radius 1 is 1.07 bits per heavy atom. The van der Waals surface area contributed by atoms with Crippen LogP contribution in [-0.4, -0.2) is 27.4 Å². The Kier molecular flexibility index (Phi) is 8.51. The normalized spacial score (nSPS) is 16.0. The summed E-state index contributed by atoms with van der Waals surface area (Å²) in [5.74, 6) is -0.740. The summed E-state index contributed by atoms with van der Waals surface area (Å²) in [6, 6.07) is 8.13. The van der Waals surface area contributed by atoms with Crippen LogP contribution in [0.5, 0.6) is 0 Å². The fourth-order valence-electron chi connectivity index (χ4n) is 4.58. The maximum atomic E-state index is 13.4. The Balaban J connectivity index is 1.29. The SMILES string of the molecule is Nc1ncc(-c2ccc(CNc3ncc(C(F)(F)F)cc3C(=O)NC3=CC=C(F)CC3)cc2)nc1C/C=C1/CCCN1. The maximum absolute atomic E-state index is 13.4. The molecule has 1 aliphatic heterocycles. The van der Waals surface area contributed by atoms with Crippen LogP contribution in [0.1, 0.15) is 52.9 Å². The molecule has 5 rings (SSSR count). The molecular weight excluding hydrogens is 550 g/mol. The van der Waals surface area contributed by atoms with E-state index in [-0.39, 0.29) is 36.6 Å². The van der Waals surface area contributed by atoms with Crippen LogP contribution in [0.25, 0.3) is 11.3 Å². The number of alkyl halides is 3. The van der Waals surface area contributed by atoms with Gasteiger partial charge in [0.1, 0.15) is 17.5 Å². The molecule has 2 aromatic heterocycles. The van der Waals surface area contributed by atoms with Gasteiger partial charge in [-0.25, -0.2) is 19.3 Å². The number of amides is 1. The van der Waals surface area contributed by atoms with Gasteiger partial charge >= 0.3 is 6.18 Å². The highest BCUT2D eigenvalue weighted by Gasteiger charge is 2.32. The zero-order chi connectivity index (χ0) is 29.7. The van der Waals surface area contributed by atoms with E-state index in [4.69, 9.17) is 5.73 Å². The molecule has 12 heteroatoms. The standard InChI is InChI=1S/C30H29F4N7O/c31-21-7-9-23(10-8-21)40-29(42)24-14-20(30(32,33)34)16-39-28(24)38-15-18-3-5-19(6-4-18)26-17-37-27(35)25(41-26)12-11-22-2-1-13-36-22/h3-7,9,11,14,16-17,36H,1-2,8,10,12-13,15H2,(H2,35,37)(H,38,39)(H,40,42)/b22-11-. The van der Waals surface area contributed by atoms with E-state index in [1.807, 2.05) is 24.3 Å². The molecule has 5 N–H and O–H groups in total. The van der Waals surface area contributed by atoms with Crippen LogP contribution in [0.15, 0.2) is 78.2 Å². The number of anilines is 2. The number of pyridine rings is 1. The van der Waals surface area contributed by atoms with E-state index in [1.54, 1.807) is 6.20 Å². The number of hydrogen-bond donors (Lipinski definition) is 4. The number of halogens is 4. The third-order valence-corrected chi connectivity index (χ3v) is 6.94. The van der Waals surface area contributed by atoms with E-state index < -0.39 is 17.6 Å². The molecule has 2 aliphatic rings. The number of benzene rings is 1. The Hall–Kier alpha value is -4.74. The summed E-state index contributed by atoms with van der Waals surface area (Å²) in [6.45, 7) is 1.16. The van der Waals surface area contributed by atoms with Crippen LogP contribution < -0.4 is 21.7 Å². The molecule has 0 bridgehead atoms.